The van der Waals surface area contributed by atoms with E-state index < -0.39 is 0 Å². The second-order valence-corrected chi connectivity index (χ2v) is 10.0. The van der Waals surface area contributed by atoms with Gasteiger partial charge in [0.15, 0.2) is 0 Å². The predicted molar refractivity (Wildman–Crippen MR) is 162 cm³/mol. The zero-order chi connectivity index (χ0) is 26.9. The van der Waals surface area contributed by atoms with Gasteiger partial charge in [0.05, 0.1) is 33.1 Å². The Kier molecular flexibility index (Phi) is 4.48. The van der Waals surface area contributed by atoms with Crippen molar-refractivity contribution in [2.75, 3.05) is 0 Å². The number of pyridine rings is 3. The smallest absolute Gasteiger partial charge is 0.247 e. The summed E-state index contributed by atoms with van der Waals surface area (Å²) < 4.78 is 10.5. The molecule has 6 heterocycles. The van der Waals surface area contributed by atoms with Gasteiger partial charge >= 0.3 is 0 Å². The first-order valence-corrected chi connectivity index (χ1v) is 13.4. The molecule has 0 saturated heterocycles. The third-order valence-electron chi connectivity index (χ3n) is 7.71. The van der Waals surface area contributed by atoms with Gasteiger partial charge < -0.3 is 13.6 Å². The molecule has 0 aliphatic rings. The molecule has 0 amide bonds. The fourth-order valence-corrected chi connectivity index (χ4v) is 5.94. The molecule has 0 aliphatic carbocycles. The SMILES string of the molecule is c1ccc(-n2c3cc4c5ncccc5n(-c5ccc(-c6nc7cccnc7o6)cc5)c4cc3c3ncccc32)cc1. The summed E-state index contributed by atoms with van der Waals surface area (Å²) in [6, 6.07) is 35.2. The van der Waals surface area contributed by atoms with Crippen LogP contribution in [0.2, 0.25) is 0 Å². The van der Waals surface area contributed by atoms with Crippen molar-refractivity contribution in [3.05, 3.63) is 122 Å². The number of aromatic nitrogens is 6. The van der Waals surface area contributed by atoms with Gasteiger partial charge in [-0.2, -0.15) is 0 Å². The molecule has 41 heavy (non-hydrogen) atoms. The minimum atomic E-state index is 0.535. The minimum absolute atomic E-state index is 0.535. The highest BCUT2D eigenvalue weighted by molar-refractivity contribution is 6.17. The van der Waals surface area contributed by atoms with Crippen molar-refractivity contribution in [3.63, 3.8) is 0 Å². The molecule has 192 valence electrons. The van der Waals surface area contributed by atoms with Crippen molar-refractivity contribution in [1.82, 2.24) is 29.1 Å². The summed E-state index contributed by atoms with van der Waals surface area (Å²) in [6.07, 6.45) is 5.42. The maximum atomic E-state index is 5.90. The van der Waals surface area contributed by atoms with E-state index in [0.717, 1.165) is 66.3 Å². The number of benzene rings is 3. The molecular weight excluding hydrogens is 508 g/mol. The molecule has 3 aromatic carbocycles. The van der Waals surface area contributed by atoms with Crippen LogP contribution in [0.4, 0.5) is 0 Å². The number of hydrogen-bond donors (Lipinski definition) is 0. The minimum Gasteiger partial charge on any atom is -0.418 e. The van der Waals surface area contributed by atoms with Crippen LogP contribution in [0.25, 0.3) is 77.9 Å². The maximum Gasteiger partial charge on any atom is 0.247 e. The zero-order valence-corrected chi connectivity index (χ0v) is 21.6. The lowest BCUT2D eigenvalue weighted by Crippen LogP contribution is -1.94. The van der Waals surface area contributed by atoms with E-state index >= 15 is 0 Å². The van der Waals surface area contributed by atoms with Crippen LogP contribution in [0, 0.1) is 0 Å². The molecule has 0 saturated carbocycles. The molecule has 0 fully saturated rings. The Morgan fingerprint density at radius 2 is 1.10 bits per heavy atom. The molecule has 0 unspecified atom stereocenters. The highest BCUT2D eigenvalue weighted by Crippen LogP contribution is 2.38. The van der Waals surface area contributed by atoms with Crippen LogP contribution < -0.4 is 0 Å². The predicted octanol–water partition coefficient (Wildman–Crippen LogP) is 7.87. The summed E-state index contributed by atoms with van der Waals surface area (Å²) in [5, 5.41) is 2.18. The van der Waals surface area contributed by atoms with E-state index in [1.807, 2.05) is 54.9 Å². The van der Waals surface area contributed by atoms with E-state index in [0.29, 0.717) is 11.6 Å². The third-order valence-corrected chi connectivity index (χ3v) is 7.71. The van der Waals surface area contributed by atoms with Crippen LogP contribution in [-0.4, -0.2) is 29.1 Å². The normalized spacial score (nSPS) is 11.9. The van der Waals surface area contributed by atoms with Gasteiger partial charge in [-0.25, -0.2) is 9.97 Å². The Balaban J connectivity index is 1.30. The van der Waals surface area contributed by atoms with E-state index in [9.17, 15) is 0 Å². The number of fused-ring (bicyclic) bond motifs is 7. The molecule has 6 aromatic heterocycles. The summed E-state index contributed by atoms with van der Waals surface area (Å²) in [5.74, 6) is 0.552. The molecule has 0 N–H and O–H groups in total. The lowest BCUT2D eigenvalue weighted by Gasteiger charge is -2.09. The molecular formula is C34H20N6O. The van der Waals surface area contributed by atoms with Gasteiger partial charge in [-0.15, -0.1) is 0 Å². The molecule has 9 rings (SSSR count). The topological polar surface area (TPSA) is 74.6 Å². The lowest BCUT2D eigenvalue weighted by molar-refractivity contribution is 0.608. The standard InChI is InChI=1S/C34H20N6O/c1-2-7-22(8-3-1)39-27-10-5-16-35-31(27)24-20-30-25(19-29(24)39)32-28(11-6-17-36-32)40(30)23-14-12-21(13-15-23)33-38-26-9-4-18-37-34(26)41-33/h1-20H. The summed E-state index contributed by atoms with van der Waals surface area (Å²) in [6.45, 7) is 0. The molecule has 0 aliphatic heterocycles. The highest BCUT2D eigenvalue weighted by Gasteiger charge is 2.19. The summed E-state index contributed by atoms with van der Waals surface area (Å²) in [7, 11) is 0. The molecule has 7 nitrogen and oxygen atoms in total. The van der Waals surface area contributed by atoms with Crippen LogP contribution in [0.15, 0.2) is 126 Å². The van der Waals surface area contributed by atoms with E-state index in [1.54, 1.807) is 6.20 Å². The Hall–Kier alpha value is -5.82. The van der Waals surface area contributed by atoms with Crippen LogP contribution in [0.1, 0.15) is 0 Å². The monoisotopic (exact) mass is 528 g/mol. The fraction of sp³-hybridized carbons (Fsp3) is 0. The second kappa shape index (κ2) is 8.34. The van der Waals surface area contributed by atoms with E-state index in [4.69, 9.17) is 14.4 Å². The first-order valence-electron chi connectivity index (χ1n) is 13.4. The van der Waals surface area contributed by atoms with Crippen molar-refractivity contribution in [3.8, 4) is 22.8 Å². The van der Waals surface area contributed by atoms with Crippen molar-refractivity contribution >= 4 is 55.1 Å². The van der Waals surface area contributed by atoms with E-state index in [1.165, 1.54) is 0 Å². The number of hydrogen-bond acceptors (Lipinski definition) is 5. The third kappa shape index (κ3) is 3.20. The number of nitrogens with zero attached hydrogens (tertiary/aromatic N) is 6. The molecule has 9 aromatic rings. The molecule has 0 spiro atoms. The van der Waals surface area contributed by atoms with E-state index in [2.05, 4.69) is 79.8 Å². The number of para-hydroxylation sites is 1. The second-order valence-electron chi connectivity index (χ2n) is 10.0. The zero-order valence-electron chi connectivity index (χ0n) is 21.6. The quantitative estimate of drug-likeness (QED) is 0.233. The lowest BCUT2D eigenvalue weighted by atomic mass is 10.1. The Bertz CT molecular complexity index is 2380. The van der Waals surface area contributed by atoms with Gasteiger partial charge in [-0.3, -0.25) is 9.97 Å². The summed E-state index contributed by atoms with van der Waals surface area (Å²) in [4.78, 5) is 18.5. The van der Waals surface area contributed by atoms with Crippen molar-refractivity contribution in [2.24, 2.45) is 0 Å². The van der Waals surface area contributed by atoms with Crippen LogP contribution >= 0.6 is 0 Å². The Labute approximate surface area is 233 Å². The van der Waals surface area contributed by atoms with Crippen LogP contribution in [0.3, 0.4) is 0 Å². The average molecular weight is 529 g/mol. The van der Waals surface area contributed by atoms with Gasteiger partial charge in [0.25, 0.3) is 0 Å². The molecule has 0 atom stereocenters. The van der Waals surface area contributed by atoms with Gasteiger partial charge in [0, 0.05) is 46.3 Å². The molecule has 0 bridgehead atoms. The number of rotatable bonds is 3. The molecule has 7 heteroatoms. The van der Waals surface area contributed by atoms with Crippen molar-refractivity contribution in [1.29, 1.82) is 0 Å². The van der Waals surface area contributed by atoms with Gasteiger partial charge in [0.1, 0.15) is 5.52 Å². The fourth-order valence-electron chi connectivity index (χ4n) is 5.94. The van der Waals surface area contributed by atoms with Gasteiger partial charge in [0.2, 0.25) is 11.6 Å². The van der Waals surface area contributed by atoms with Gasteiger partial charge in [-0.05, 0) is 84.9 Å². The van der Waals surface area contributed by atoms with Crippen molar-refractivity contribution in [2.45, 2.75) is 0 Å². The molecule has 0 radical (unpaired) electrons. The Morgan fingerprint density at radius 3 is 1.73 bits per heavy atom. The number of oxazole rings is 1. The van der Waals surface area contributed by atoms with Crippen LogP contribution in [-0.2, 0) is 0 Å². The summed E-state index contributed by atoms with van der Waals surface area (Å²) in [5.41, 5.74) is 10.5. The average Bonchev–Trinajstić information content (AvgIpc) is 3.71. The Morgan fingerprint density at radius 1 is 0.512 bits per heavy atom. The van der Waals surface area contributed by atoms with Crippen LogP contribution in [0.5, 0.6) is 0 Å². The highest BCUT2D eigenvalue weighted by atomic mass is 16.4. The van der Waals surface area contributed by atoms with Crippen molar-refractivity contribution < 1.29 is 4.42 Å². The first-order chi connectivity index (χ1) is 20.3. The largest absolute Gasteiger partial charge is 0.418 e. The van der Waals surface area contributed by atoms with Gasteiger partial charge in [-0.1, -0.05) is 18.2 Å². The van der Waals surface area contributed by atoms with E-state index in [-0.39, 0.29) is 0 Å². The maximum absolute atomic E-state index is 5.90. The summed E-state index contributed by atoms with van der Waals surface area (Å²) >= 11 is 0. The first kappa shape index (κ1) is 22.0.